The van der Waals surface area contributed by atoms with Gasteiger partial charge in [-0.1, -0.05) is 37.6 Å². The van der Waals surface area contributed by atoms with Crippen LogP contribution < -0.4 is 10.2 Å². The standard InChI is InChI=1S/C20H27ClN6/c1-20(2,16-6-4-7-17(21)14-16)15-25-18(22-3)26-10-12-27(13-11-26)19-23-8-5-9-24-19/h4-9,14H,10-13,15H2,1-3H3,(H,22,25). The van der Waals surface area contributed by atoms with E-state index in [-0.39, 0.29) is 5.41 Å². The van der Waals surface area contributed by atoms with E-state index in [0.29, 0.717) is 0 Å². The van der Waals surface area contributed by atoms with Crippen molar-refractivity contribution in [2.24, 2.45) is 4.99 Å². The lowest BCUT2D eigenvalue weighted by Crippen LogP contribution is -2.54. The van der Waals surface area contributed by atoms with E-state index in [1.54, 1.807) is 12.4 Å². The molecule has 0 unspecified atom stereocenters. The van der Waals surface area contributed by atoms with Crippen molar-refractivity contribution in [1.82, 2.24) is 20.2 Å². The van der Waals surface area contributed by atoms with Crippen molar-refractivity contribution in [2.45, 2.75) is 19.3 Å². The molecule has 0 aliphatic carbocycles. The summed E-state index contributed by atoms with van der Waals surface area (Å²) in [6.45, 7) is 8.73. The van der Waals surface area contributed by atoms with E-state index in [1.165, 1.54) is 5.56 Å². The van der Waals surface area contributed by atoms with Crippen LogP contribution in [0, 0.1) is 0 Å². The highest BCUT2D eigenvalue weighted by molar-refractivity contribution is 6.30. The van der Waals surface area contributed by atoms with Gasteiger partial charge in [-0.3, -0.25) is 4.99 Å². The second kappa shape index (κ2) is 8.57. The van der Waals surface area contributed by atoms with Crippen LogP contribution in [-0.4, -0.2) is 60.6 Å². The van der Waals surface area contributed by atoms with Crippen LogP contribution in [0.3, 0.4) is 0 Å². The zero-order valence-corrected chi connectivity index (χ0v) is 16.9. The lowest BCUT2D eigenvalue weighted by atomic mass is 9.84. The molecule has 3 rings (SSSR count). The van der Waals surface area contributed by atoms with Crippen LogP contribution in [0.4, 0.5) is 5.95 Å². The number of guanidine groups is 1. The van der Waals surface area contributed by atoms with Crippen molar-refractivity contribution in [3.63, 3.8) is 0 Å². The number of anilines is 1. The summed E-state index contributed by atoms with van der Waals surface area (Å²) in [6, 6.07) is 9.90. The van der Waals surface area contributed by atoms with Gasteiger partial charge in [-0.25, -0.2) is 9.97 Å². The molecule has 1 saturated heterocycles. The molecule has 144 valence electrons. The summed E-state index contributed by atoms with van der Waals surface area (Å²) in [5, 5.41) is 4.30. The predicted octanol–water partition coefficient (Wildman–Crippen LogP) is 2.81. The third-order valence-corrected chi connectivity index (χ3v) is 5.16. The van der Waals surface area contributed by atoms with Gasteiger partial charge in [0.1, 0.15) is 0 Å². The maximum atomic E-state index is 6.16. The van der Waals surface area contributed by atoms with E-state index >= 15 is 0 Å². The fourth-order valence-corrected chi connectivity index (χ4v) is 3.41. The molecule has 0 amide bonds. The van der Waals surface area contributed by atoms with E-state index in [9.17, 15) is 0 Å². The van der Waals surface area contributed by atoms with Crippen molar-refractivity contribution in [3.8, 4) is 0 Å². The Morgan fingerprint density at radius 2 is 1.85 bits per heavy atom. The number of halogens is 1. The molecule has 1 aliphatic heterocycles. The average Bonchev–Trinajstić information content (AvgIpc) is 2.69. The fraction of sp³-hybridized carbons (Fsp3) is 0.450. The number of nitrogens with zero attached hydrogens (tertiary/aromatic N) is 5. The Hall–Kier alpha value is -2.34. The van der Waals surface area contributed by atoms with Crippen LogP contribution in [0.15, 0.2) is 47.7 Å². The number of aliphatic imine (C=N–C) groups is 1. The zero-order chi connectivity index (χ0) is 19.3. The molecule has 0 spiro atoms. The molecular weight excluding hydrogens is 360 g/mol. The third kappa shape index (κ3) is 4.89. The Morgan fingerprint density at radius 3 is 2.48 bits per heavy atom. The summed E-state index contributed by atoms with van der Waals surface area (Å²) in [5.41, 5.74) is 1.16. The van der Waals surface area contributed by atoms with Gasteiger partial charge < -0.3 is 15.1 Å². The second-order valence-corrected chi connectivity index (χ2v) is 7.75. The van der Waals surface area contributed by atoms with E-state index in [2.05, 4.69) is 50.0 Å². The van der Waals surface area contributed by atoms with Gasteiger partial charge in [-0.2, -0.15) is 0 Å². The summed E-state index contributed by atoms with van der Waals surface area (Å²) in [5.74, 6) is 1.72. The molecule has 2 heterocycles. The van der Waals surface area contributed by atoms with Crippen LogP contribution in [-0.2, 0) is 5.41 Å². The molecule has 27 heavy (non-hydrogen) atoms. The molecule has 1 fully saturated rings. The molecule has 2 aromatic rings. The first-order valence-corrected chi connectivity index (χ1v) is 9.61. The Morgan fingerprint density at radius 1 is 1.15 bits per heavy atom. The van der Waals surface area contributed by atoms with E-state index < -0.39 is 0 Å². The maximum Gasteiger partial charge on any atom is 0.225 e. The molecule has 1 N–H and O–H groups in total. The minimum Gasteiger partial charge on any atom is -0.355 e. The minimum atomic E-state index is -0.0550. The molecule has 0 radical (unpaired) electrons. The fourth-order valence-electron chi connectivity index (χ4n) is 3.22. The Balaban J connectivity index is 1.57. The summed E-state index contributed by atoms with van der Waals surface area (Å²) >= 11 is 6.16. The van der Waals surface area contributed by atoms with Gasteiger partial charge in [0.05, 0.1) is 0 Å². The summed E-state index contributed by atoms with van der Waals surface area (Å²) < 4.78 is 0. The van der Waals surface area contributed by atoms with Crippen molar-refractivity contribution < 1.29 is 0 Å². The van der Waals surface area contributed by atoms with Gasteiger partial charge in [-0.15, -0.1) is 0 Å². The second-order valence-electron chi connectivity index (χ2n) is 7.32. The highest BCUT2D eigenvalue weighted by Crippen LogP contribution is 2.25. The predicted molar refractivity (Wildman–Crippen MR) is 112 cm³/mol. The monoisotopic (exact) mass is 386 g/mol. The van der Waals surface area contributed by atoms with Gasteiger partial charge in [0.15, 0.2) is 5.96 Å². The Labute approximate surface area is 166 Å². The number of benzene rings is 1. The number of nitrogens with one attached hydrogen (secondary N) is 1. The van der Waals surface area contributed by atoms with E-state index in [4.69, 9.17) is 11.6 Å². The van der Waals surface area contributed by atoms with Gasteiger partial charge in [0.2, 0.25) is 5.95 Å². The third-order valence-electron chi connectivity index (χ3n) is 4.92. The number of hydrogen-bond donors (Lipinski definition) is 1. The smallest absolute Gasteiger partial charge is 0.225 e. The normalized spacial score (nSPS) is 15.8. The first-order chi connectivity index (χ1) is 13.0. The van der Waals surface area contributed by atoms with Gasteiger partial charge in [0, 0.05) is 62.6 Å². The molecule has 0 atom stereocenters. The molecule has 6 nitrogen and oxygen atoms in total. The van der Waals surface area contributed by atoms with Crippen molar-refractivity contribution in [1.29, 1.82) is 0 Å². The Kier molecular flexibility index (Phi) is 6.16. The number of aromatic nitrogens is 2. The molecule has 0 bridgehead atoms. The largest absolute Gasteiger partial charge is 0.355 e. The highest BCUT2D eigenvalue weighted by atomic mass is 35.5. The SMILES string of the molecule is CN=C(NCC(C)(C)c1cccc(Cl)c1)N1CCN(c2ncccn2)CC1. The summed E-state index contributed by atoms with van der Waals surface area (Å²) in [4.78, 5) is 17.7. The molecule has 7 heteroatoms. The number of rotatable bonds is 4. The molecule has 0 saturated carbocycles. The van der Waals surface area contributed by atoms with Crippen molar-refractivity contribution >= 4 is 23.5 Å². The van der Waals surface area contributed by atoms with Crippen LogP contribution in [0.5, 0.6) is 0 Å². The van der Waals surface area contributed by atoms with Crippen LogP contribution in [0.25, 0.3) is 0 Å². The summed E-state index contributed by atoms with van der Waals surface area (Å²) in [7, 11) is 1.83. The van der Waals surface area contributed by atoms with Gasteiger partial charge in [-0.05, 0) is 23.8 Å². The quantitative estimate of drug-likeness (QED) is 0.646. The molecular formula is C20H27ClN6. The Bertz CT molecular complexity index is 769. The molecule has 1 aromatic heterocycles. The highest BCUT2D eigenvalue weighted by Gasteiger charge is 2.25. The van der Waals surface area contributed by atoms with Crippen molar-refractivity contribution in [2.75, 3.05) is 44.7 Å². The maximum absolute atomic E-state index is 6.16. The van der Waals surface area contributed by atoms with Gasteiger partial charge >= 0.3 is 0 Å². The average molecular weight is 387 g/mol. The van der Waals surface area contributed by atoms with Crippen molar-refractivity contribution in [3.05, 3.63) is 53.3 Å². The zero-order valence-electron chi connectivity index (χ0n) is 16.2. The lowest BCUT2D eigenvalue weighted by molar-refractivity contribution is 0.364. The van der Waals surface area contributed by atoms with E-state index in [1.807, 2.05) is 31.3 Å². The van der Waals surface area contributed by atoms with Crippen LogP contribution in [0.1, 0.15) is 19.4 Å². The lowest BCUT2D eigenvalue weighted by Gasteiger charge is -2.37. The van der Waals surface area contributed by atoms with Crippen LogP contribution in [0.2, 0.25) is 5.02 Å². The topological polar surface area (TPSA) is 56.7 Å². The van der Waals surface area contributed by atoms with Gasteiger partial charge in [0.25, 0.3) is 0 Å². The minimum absolute atomic E-state index is 0.0550. The number of hydrogen-bond acceptors (Lipinski definition) is 4. The molecule has 1 aliphatic rings. The summed E-state index contributed by atoms with van der Waals surface area (Å²) in [6.07, 6.45) is 3.57. The first kappa shape index (κ1) is 19.4. The van der Waals surface area contributed by atoms with E-state index in [0.717, 1.165) is 49.7 Å². The first-order valence-electron chi connectivity index (χ1n) is 9.23. The molecule has 1 aromatic carbocycles. The number of piperazine rings is 1. The van der Waals surface area contributed by atoms with Crippen LogP contribution >= 0.6 is 11.6 Å².